The van der Waals surface area contributed by atoms with E-state index >= 15 is 0 Å². The summed E-state index contributed by atoms with van der Waals surface area (Å²) >= 11 is 23.6. The molecule has 0 amide bonds. The summed E-state index contributed by atoms with van der Waals surface area (Å²) in [4.78, 5) is 0. The number of alkyl halides is 4. The molecule has 0 rings (SSSR count). The van der Waals surface area contributed by atoms with E-state index in [1.807, 2.05) is 0 Å². The first-order chi connectivity index (χ1) is 12.4. The zero-order valence-corrected chi connectivity index (χ0v) is 18.3. The normalized spacial score (nSPS) is 17.2. The van der Waals surface area contributed by atoms with Gasteiger partial charge >= 0.3 is 7.82 Å². The summed E-state index contributed by atoms with van der Waals surface area (Å²) < 4.78 is 38.8. The number of halogens is 4. The first-order valence-electron chi connectivity index (χ1n) is 7.76. The molecule has 0 N–H and O–H groups in total. The molecule has 0 fully saturated rings. The van der Waals surface area contributed by atoms with Crippen LogP contribution in [0.4, 0.5) is 0 Å². The van der Waals surface area contributed by atoms with Crippen LogP contribution in [0.5, 0.6) is 0 Å². The van der Waals surface area contributed by atoms with E-state index in [0.29, 0.717) is 13.2 Å². The van der Waals surface area contributed by atoms with Gasteiger partial charge < -0.3 is 9.47 Å². The van der Waals surface area contributed by atoms with E-state index in [1.54, 1.807) is 12.2 Å². The second kappa shape index (κ2) is 16.6. The molecule has 154 valence electrons. The maximum Gasteiger partial charge on any atom is 0.474 e. The molecule has 0 saturated heterocycles. The van der Waals surface area contributed by atoms with Gasteiger partial charge in [0.15, 0.2) is 0 Å². The summed E-state index contributed by atoms with van der Waals surface area (Å²) in [6, 6.07) is 0. The smallest absolute Gasteiger partial charge is 0.376 e. The largest absolute Gasteiger partial charge is 0.474 e. The third kappa shape index (κ3) is 14.7. The van der Waals surface area contributed by atoms with Crippen LogP contribution < -0.4 is 0 Å². The number of hydrogen-bond acceptors (Lipinski definition) is 6. The van der Waals surface area contributed by atoms with Crippen LogP contribution in [-0.2, 0) is 27.6 Å². The number of phosphoric acid groups is 1. The van der Waals surface area contributed by atoms with Crippen LogP contribution in [-0.4, -0.2) is 68.3 Å². The van der Waals surface area contributed by atoms with E-state index in [-0.39, 0.29) is 38.9 Å². The lowest BCUT2D eigenvalue weighted by atomic mass is 10.5. The summed E-state index contributed by atoms with van der Waals surface area (Å²) in [5, 5.41) is -1.67. The molecule has 11 heteroatoms. The lowest BCUT2D eigenvalue weighted by Gasteiger charge is -2.21. The van der Waals surface area contributed by atoms with Crippen LogP contribution in [0.25, 0.3) is 0 Å². The minimum Gasteiger partial charge on any atom is -0.376 e. The van der Waals surface area contributed by atoms with Gasteiger partial charge in [0.2, 0.25) is 0 Å². The van der Waals surface area contributed by atoms with Crippen LogP contribution in [0.3, 0.4) is 0 Å². The molecule has 0 aromatic heterocycles. The SMILES string of the molecule is C=CCOCC(Cl)COP(=O)(OCC(Cl)CCl)OCC(Cl)COCC=C. The molecule has 0 aliphatic heterocycles. The highest BCUT2D eigenvalue weighted by Crippen LogP contribution is 2.50. The zero-order valence-electron chi connectivity index (χ0n) is 14.4. The van der Waals surface area contributed by atoms with Gasteiger partial charge in [0, 0.05) is 5.88 Å². The van der Waals surface area contributed by atoms with Gasteiger partial charge in [-0.2, -0.15) is 0 Å². The van der Waals surface area contributed by atoms with Crippen molar-refractivity contribution < 1.29 is 27.6 Å². The quantitative estimate of drug-likeness (QED) is 0.125. The van der Waals surface area contributed by atoms with Crippen LogP contribution in [0, 0.1) is 0 Å². The topological polar surface area (TPSA) is 63.2 Å². The number of rotatable bonds is 18. The second-order valence-electron chi connectivity index (χ2n) is 4.93. The molecule has 26 heavy (non-hydrogen) atoms. The molecule has 0 aliphatic carbocycles. The maximum atomic E-state index is 12.7. The fourth-order valence-corrected chi connectivity index (χ4v) is 3.36. The highest BCUT2D eigenvalue weighted by Gasteiger charge is 2.30. The van der Waals surface area contributed by atoms with Crippen molar-refractivity contribution in [3.8, 4) is 0 Å². The Balaban J connectivity index is 4.51. The summed E-state index contributed by atoms with van der Waals surface area (Å²) in [5.41, 5.74) is 0. The summed E-state index contributed by atoms with van der Waals surface area (Å²) in [6.07, 6.45) is 3.17. The molecular weight excluding hydrogens is 449 g/mol. The van der Waals surface area contributed by atoms with Gasteiger partial charge in [0.05, 0.1) is 62.4 Å². The second-order valence-corrected chi connectivity index (χ2v) is 8.76. The average Bonchev–Trinajstić information content (AvgIpc) is 2.63. The predicted octanol–water partition coefficient (Wildman–Crippen LogP) is 4.61. The molecule has 3 unspecified atom stereocenters. The maximum absolute atomic E-state index is 12.7. The van der Waals surface area contributed by atoms with Crippen molar-refractivity contribution in [1.82, 2.24) is 0 Å². The van der Waals surface area contributed by atoms with Crippen molar-refractivity contribution in [3.05, 3.63) is 25.3 Å². The van der Waals surface area contributed by atoms with Crippen molar-refractivity contribution in [2.75, 3.05) is 52.1 Å². The van der Waals surface area contributed by atoms with Crippen LogP contribution in [0.15, 0.2) is 25.3 Å². The molecule has 0 aromatic carbocycles. The van der Waals surface area contributed by atoms with Gasteiger partial charge in [-0.15, -0.1) is 59.6 Å². The Morgan fingerprint density at radius 3 is 1.50 bits per heavy atom. The molecule has 0 aliphatic rings. The minimum absolute atomic E-state index is 0.114. The Morgan fingerprint density at radius 1 is 0.769 bits per heavy atom. The van der Waals surface area contributed by atoms with Crippen molar-refractivity contribution in [1.29, 1.82) is 0 Å². The van der Waals surface area contributed by atoms with E-state index in [1.165, 1.54) is 0 Å². The predicted molar refractivity (Wildman–Crippen MR) is 107 cm³/mol. The lowest BCUT2D eigenvalue weighted by molar-refractivity contribution is 0.0893. The van der Waals surface area contributed by atoms with Gasteiger partial charge in [0.1, 0.15) is 0 Å². The van der Waals surface area contributed by atoms with Gasteiger partial charge in [-0.3, -0.25) is 13.6 Å². The number of ether oxygens (including phenoxy) is 2. The lowest BCUT2D eigenvalue weighted by Crippen LogP contribution is -2.20. The Morgan fingerprint density at radius 2 is 1.15 bits per heavy atom. The molecule has 0 radical (unpaired) electrons. The van der Waals surface area contributed by atoms with E-state index in [4.69, 9.17) is 69.4 Å². The standard InChI is InChI=1S/C15H25Cl4O6P/c1-3-5-21-8-14(18)11-24-26(20,23-10-13(17)7-16)25-12-15(19)9-22-6-4-2/h3-4,13-15H,1-2,5-12H2. The minimum atomic E-state index is -3.94. The molecule has 0 saturated carbocycles. The Kier molecular flexibility index (Phi) is 17.0. The molecule has 0 spiro atoms. The van der Waals surface area contributed by atoms with Gasteiger partial charge in [-0.25, -0.2) is 4.57 Å². The summed E-state index contributed by atoms with van der Waals surface area (Å²) in [6.45, 7) is 7.73. The first-order valence-corrected chi connectivity index (χ1v) is 11.1. The molecule has 0 aromatic rings. The number of hydrogen-bond donors (Lipinski definition) is 0. The molecule has 6 nitrogen and oxygen atoms in total. The van der Waals surface area contributed by atoms with E-state index in [2.05, 4.69) is 13.2 Å². The summed E-state index contributed by atoms with van der Waals surface area (Å²) in [5.74, 6) is 0.114. The Labute approximate surface area is 175 Å². The van der Waals surface area contributed by atoms with E-state index in [0.717, 1.165) is 0 Å². The molecule has 0 bridgehead atoms. The van der Waals surface area contributed by atoms with Gasteiger partial charge in [0.25, 0.3) is 0 Å². The molecule has 0 heterocycles. The Bertz CT molecular complexity index is 401. The highest BCUT2D eigenvalue weighted by molar-refractivity contribution is 7.48. The molecule has 3 atom stereocenters. The highest BCUT2D eigenvalue weighted by atomic mass is 35.5. The number of phosphoric ester groups is 1. The third-order valence-corrected chi connectivity index (χ3v) is 5.19. The Hall–Kier alpha value is 0.670. The van der Waals surface area contributed by atoms with E-state index in [9.17, 15) is 4.57 Å². The molecular formula is C15H25Cl4O6P. The third-order valence-electron chi connectivity index (χ3n) is 2.48. The van der Waals surface area contributed by atoms with E-state index < -0.39 is 24.0 Å². The van der Waals surface area contributed by atoms with Crippen molar-refractivity contribution in [3.63, 3.8) is 0 Å². The zero-order chi connectivity index (χ0) is 19.8. The van der Waals surface area contributed by atoms with Crippen molar-refractivity contribution >= 4 is 54.2 Å². The first kappa shape index (κ1) is 26.7. The fourth-order valence-electron chi connectivity index (χ4n) is 1.33. The monoisotopic (exact) mass is 472 g/mol. The van der Waals surface area contributed by atoms with Gasteiger partial charge in [-0.05, 0) is 0 Å². The summed E-state index contributed by atoms with van der Waals surface area (Å²) in [7, 11) is -3.94. The fraction of sp³-hybridized carbons (Fsp3) is 0.733. The average molecular weight is 474 g/mol. The van der Waals surface area contributed by atoms with Gasteiger partial charge in [-0.1, -0.05) is 12.2 Å². The van der Waals surface area contributed by atoms with Crippen LogP contribution in [0.1, 0.15) is 0 Å². The van der Waals surface area contributed by atoms with Crippen LogP contribution in [0.2, 0.25) is 0 Å². The van der Waals surface area contributed by atoms with Crippen LogP contribution >= 0.6 is 54.2 Å². The van der Waals surface area contributed by atoms with Crippen molar-refractivity contribution in [2.24, 2.45) is 0 Å². The van der Waals surface area contributed by atoms with Crippen molar-refractivity contribution in [2.45, 2.75) is 16.1 Å².